The monoisotopic (exact) mass is 287 g/mol. The van der Waals surface area contributed by atoms with E-state index in [0.717, 1.165) is 12.5 Å². The number of aryl methyl sites for hydroxylation is 2. The van der Waals surface area contributed by atoms with Crippen LogP contribution in [0.2, 0.25) is 0 Å². The molecule has 1 N–H and O–H groups in total. The minimum atomic E-state index is 0.201. The highest BCUT2D eigenvalue weighted by Gasteiger charge is 2.26. The van der Waals surface area contributed by atoms with Crippen LogP contribution in [-0.4, -0.2) is 12.1 Å². The predicted molar refractivity (Wildman–Crippen MR) is 93.0 cm³/mol. The summed E-state index contributed by atoms with van der Waals surface area (Å²) in [6.07, 6.45) is 7.08. The molecule has 1 fully saturated rings. The largest absolute Gasteiger partial charge is 0.311 e. The first-order chi connectivity index (χ1) is 9.87. The standard InChI is InChI=1S/C20H33N/c1-15-11-12-18(13-16(15)2)19(14-21-20(3,4)5)17-9-7-6-8-10-17/h11-13,17,19,21H,6-10,14H2,1-5H3. The lowest BCUT2D eigenvalue weighted by atomic mass is 9.76. The zero-order valence-corrected chi connectivity index (χ0v) is 14.6. The Bertz CT molecular complexity index is 449. The number of hydrogen-bond donors (Lipinski definition) is 1. The molecule has 0 aromatic heterocycles. The van der Waals surface area contributed by atoms with Crippen LogP contribution in [0.25, 0.3) is 0 Å². The number of hydrogen-bond acceptors (Lipinski definition) is 1. The summed E-state index contributed by atoms with van der Waals surface area (Å²) < 4.78 is 0. The van der Waals surface area contributed by atoms with Gasteiger partial charge in [0, 0.05) is 12.1 Å². The van der Waals surface area contributed by atoms with Crippen molar-refractivity contribution in [2.45, 2.75) is 78.2 Å². The van der Waals surface area contributed by atoms with Gasteiger partial charge in [-0.1, -0.05) is 37.5 Å². The summed E-state index contributed by atoms with van der Waals surface area (Å²) in [5.74, 6) is 1.53. The molecule has 1 nitrogen and oxygen atoms in total. The molecule has 1 heteroatoms. The molecule has 1 aliphatic carbocycles. The number of nitrogens with one attached hydrogen (secondary N) is 1. The van der Waals surface area contributed by atoms with E-state index in [0.29, 0.717) is 5.92 Å². The van der Waals surface area contributed by atoms with Gasteiger partial charge in [0.1, 0.15) is 0 Å². The van der Waals surface area contributed by atoms with Gasteiger partial charge < -0.3 is 5.32 Å². The Balaban J connectivity index is 2.18. The molecule has 1 aliphatic rings. The molecule has 0 heterocycles. The van der Waals surface area contributed by atoms with E-state index >= 15 is 0 Å². The van der Waals surface area contributed by atoms with E-state index in [1.807, 2.05) is 0 Å². The first-order valence-electron chi connectivity index (χ1n) is 8.69. The van der Waals surface area contributed by atoms with Gasteiger partial charge in [0.2, 0.25) is 0 Å². The lowest BCUT2D eigenvalue weighted by Crippen LogP contribution is -2.40. The molecule has 0 amide bonds. The molecular weight excluding hydrogens is 254 g/mol. The second kappa shape index (κ2) is 6.96. The molecule has 21 heavy (non-hydrogen) atoms. The van der Waals surface area contributed by atoms with Gasteiger partial charge in [-0.05, 0) is 76.0 Å². The summed E-state index contributed by atoms with van der Waals surface area (Å²) in [4.78, 5) is 0. The van der Waals surface area contributed by atoms with Crippen molar-refractivity contribution >= 4 is 0 Å². The Morgan fingerprint density at radius 3 is 2.29 bits per heavy atom. The van der Waals surface area contributed by atoms with Gasteiger partial charge in [-0.25, -0.2) is 0 Å². The Morgan fingerprint density at radius 2 is 1.71 bits per heavy atom. The quantitative estimate of drug-likeness (QED) is 0.786. The summed E-state index contributed by atoms with van der Waals surface area (Å²) in [7, 11) is 0. The molecule has 1 saturated carbocycles. The second-order valence-electron chi connectivity index (χ2n) is 7.98. The smallest absolute Gasteiger partial charge is 0.00967 e. The molecule has 1 unspecified atom stereocenters. The van der Waals surface area contributed by atoms with Crippen molar-refractivity contribution in [1.82, 2.24) is 5.32 Å². The summed E-state index contributed by atoms with van der Waals surface area (Å²) in [6.45, 7) is 12.4. The molecule has 0 aliphatic heterocycles. The maximum atomic E-state index is 3.75. The van der Waals surface area contributed by atoms with Crippen molar-refractivity contribution in [3.63, 3.8) is 0 Å². The van der Waals surface area contributed by atoms with Crippen molar-refractivity contribution in [3.8, 4) is 0 Å². The first kappa shape index (κ1) is 16.5. The Hall–Kier alpha value is -0.820. The molecule has 1 aromatic carbocycles. The highest BCUT2D eigenvalue weighted by Crippen LogP contribution is 2.36. The van der Waals surface area contributed by atoms with Gasteiger partial charge in [-0.3, -0.25) is 0 Å². The van der Waals surface area contributed by atoms with Crippen molar-refractivity contribution < 1.29 is 0 Å². The Morgan fingerprint density at radius 1 is 1.05 bits per heavy atom. The van der Waals surface area contributed by atoms with Crippen LogP contribution < -0.4 is 5.32 Å². The zero-order chi connectivity index (χ0) is 15.5. The van der Waals surface area contributed by atoms with Crippen LogP contribution in [0.3, 0.4) is 0 Å². The molecule has 2 rings (SSSR count). The van der Waals surface area contributed by atoms with Crippen LogP contribution in [0, 0.1) is 19.8 Å². The van der Waals surface area contributed by atoms with Crippen molar-refractivity contribution in [2.75, 3.05) is 6.54 Å². The van der Waals surface area contributed by atoms with E-state index < -0.39 is 0 Å². The minimum absolute atomic E-state index is 0.201. The predicted octanol–water partition coefficient (Wildman–Crippen LogP) is 5.36. The highest BCUT2D eigenvalue weighted by molar-refractivity contribution is 5.32. The van der Waals surface area contributed by atoms with Gasteiger partial charge in [-0.15, -0.1) is 0 Å². The van der Waals surface area contributed by atoms with Crippen LogP contribution in [0.5, 0.6) is 0 Å². The fraction of sp³-hybridized carbons (Fsp3) is 0.700. The van der Waals surface area contributed by atoms with Crippen LogP contribution >= 0.6 is 0 Å². The van der Waals surface area contributed by atoms with E-state index in [1.54, 1.807) is 5.56 Å². The van der Waals surface area contributed by atoms with E-state index in [9.17, 15) is 0 Å². The van der Waals surface area contributed by atoms with E-state index in [2.05, 4.69) is 58.1 Å². The van der Waals surface area contributed by atoms with Crippen LogP contribution in [0.4, 0.5) is 0 Å². The molecule has 0 radical (unpaired) electrons. The summed E-state index contributed by atoms with van der Waals surface area (Å²) in [6, 6.07) is 7.10. The van der Waals surface area contributed by atoms with E-state index in [-0.39, 0.29) is 5.54 Å². The van der Waals surface area contributed by atoms with Gasteiger partial charge in [0.25, 0.3) is 0 Å². The lowest BCUT2D eigenvalue weighted by molar-refractivity contribution is 0.279. The third-order valence-corrected chi connectivity index (χ3v) is 5.03. The molecule has 0 saturated heterocycles. The average Bonchev–Trinajstić information content (AvgIpc) is 2.43. The van der Waals surface area contributed by atoms with Gasteiger partial charge >= 0.3 is 0 Å². The average molecular weight is 287 g/mol. The van der Waals surface area contributed by atoms with Gasteiger partial charge in [0.05, 0.1) is 0 Å². The molecular formula is C20H33N. The highest BCUT2D eigenvalue weighted by atomic mass is 14.9. The fourth-order valence-corrected chi connectivity index (χ4v) is 3.50. The Kier molecular flexibility index (Phi) is 5.48. The SMILES string of the molecule is Cc1ccc(C(CNC(C)(C)C)C2CCCCC2)cc1C. The fourth-order valence-electron chi connectivity index (χ4n) is 3.50. The van der Waals surface area contributed by atoms with Crippen molar-refractivity contribution in [1.29, 1.82) is 0 Å². The first-order valence-corrected chi connectivity index (χ1v) is 8.69. The third-order valence-electron chi connectivity index (χ3n) is 5.03. The topological polar surface area (TPSA) is 12.0 Å². The molecule has 1 aromatic rings. The van der Waals surface area contributed by atoms with Crippen LogP contribution in [-0.2, 0) is 0 Å². The van der Waals surface area contributed by atoms with Crippen molar-refractivity contribution in [3.05, 3.63) is 34.9 Å². The normalized spacial score (nSPS) is 18.7. The maximum Gasteiger partial charge on any atom is 0.00967 e. The molecule has 118 valence electrons. The summed E-state index contributed by atoms with van der Waals surface area (Å²) in [5, 5.41) is 3.75. The molecule has 1 atom stereocenters. The number of rotatable bonds is 4. The molecule has 0 spiro atoms. The summed E-state index contributed by atoms with van der Waals surface area (Å²) >= 11 is 0. The lowest BCUT2D eigenvalue weighted by Gasteiger charge is -2.33. The van der Waals surface area contributed by atoms with Crippen molar-refractivity contribution in [2.24, 2.45) is 5.92 Å². The van der Waals surface area contributed by atoms with E-state index in [4.69, 9.17) is 0 Å². The van der Waals surface area contributed by atoms with Crippen LogP contribution in [0.1, 0.15) is 75.5 Å². The van der Waals surface area contributed by atoms with Gasteiger partial charge in [-0.2, -0.15) is 0 Å². The minimum Gasteiger partial charge on any atom is -0.311 e. The Labute approximate surface area is 131 Å². The summed E-state index contributed by atoms with van der Waals surface area (Å²) in [5.41, 5.74) is 4.59. The maximum absolute atomic E-state index is 3.75. The number of benzene rings is 1. The van der Waals surface area contributed by atoms with Gasteiger partial charge in [0.15, 0.2) is 0 Å². The van der Waals surface area contributed by atoms with E-state index in [1.165, 1.54) is 43.2 Å². The zero-order valence-electron chi connectivity index (χ0n) is 14.6. The third kappa shape index (κ3) is 4.85. The molecule has 0 bridgehead atoms. The second-order valence-corrected chi connectivity index (χ2v) is 7.98. The van der Waals surface area contributed by atoms with Crippen LogP contribution in [0.15, 0.2) is 18.2 Å².